The molecular weight excluding hydrogens is 282 g/mol. The molecule has 0 aliphatic carbocycles. The number of carbonyl (C=O) groups is 1. The molecule has 1 saturated heterocycles. The third kappa shape index (κ3) is 2.87. The number of likely N-dealkylation sites (tertiary alicyclic amines) is 1. The van der Waals surface area contributed by atoms with Crippen LogP contribution in [0.5, 0.6) is 0 Å². The van der Waals surface area contributed by atoms with Gasteiger partial charge in [0.05, 0.1) is 6.04 Å². The van der Waals surface area contributed by atoms with Crippen LogP contribution in [-0.4, -0.2) is 34.6 Å². The lowest BCUT2D eigenvalue weighted by Gasteiger charge is -2.35. The van der Waals surface area contributed by atoms with Crippen LogP contribution in [0, 0.1) is 0 Å². The van der Waals surface area contributed by atoms with Crippen molar-refractivity contribution in [2.75, 3.05) is 13.7 Å². The molecule has 0 N–H and O–H groups in total. The van der Waals surface area contributed by atoms with Crippen molar-refractivity contribution in [2.24, 2.45) is 0 Å². The SMILES string of the molecule is CO[C@@H](C(=O)N1CCCC[C@@H]1c1ncon1)c1ccccc1. The maximum atomic E-state index is 13.0. The van der Waals surface area contributed by atoms with Gasteiger partial charge in [-0.15, -0.1) is 0 Å². The zero-order chi connectivity index (χ0) is 15.4. The van der Waals surface area contributed by atoms with E-state index >= 15 is 0 Å². The van der Waals surface area contributed by atoms with Crippen molar-refractivity contribution in [1.29, 1.82) is 0 Å². The molecule has 1 aromatic heterocycles. The Kier molecular flexibility index (Phi) is 4.48. The lowest BCUT2D eigenvalue weighted by Crippen LogP contribution is -2.42. The van der Waals surface area contributed by atoms with Crippen LogP contribution in [0.1, 0.15) is 42.8 Å². The largest absolute Gasteiger partial charge is 0.367 e. The van der Waals surface area contributed by atoms with E-state index in [0.29, 0.717) is 12.4 Å². The fourth-order valence-electron chi connectivity index (χ4n) is 2.95. The standard InChI is InChI=1S/C16H19N3O3/c1-21-14(12-7-3-2-4-8-12)16(20)19-10-6-5-9-13(19)15-17-11-22-18-15/h2-4,7-8,11,13-14H,5-6,9-10H2,1H3/t13-,14-/m1/s1. The number of rotatable bonds is 4. The van der Waals surface area contributed by atoms with Crippen LogP contribution >= 0.6 is 0 Å². The normalized spacial score (nSPS) is 19.9. The van der Waals surface area contributed by atoms with Crippen molar-refractivity contribution in [3.63, 3.8) is 0 Å². The molecule has 3 rings (SSSR count). The van der Waals surface area contributed by atoms with E-state index in [0.717, 1.165) is 24.8 Å². The van der Waals surface area contributed by atoms with Gasteiger partial charge in [0.2, 0.25) is 6.39 Å². The van der Waals surface area contributed by atoms with Crippen molar-refractivity contribution in [1.82, 2.24) is 15.0 Å². The molecule has 1 aliphatic rings. The number of hydrogen-bond acceptors (Lipinski definition) is 5. The zero-order valence-electron chi connectivity index (χ0n) is 12.5. The molecule has 6 heteroatoms. The summed E-state index contributed by atoms with van der Waals surface area (Å²) >= 11 is 0. The minimum absolute atomic E-state index is 0.0526. The quantitative estimate of drug-likeness (QED) is 0.868. The van der Waals surface area contributed by atoms with Crippen molar-refractivity contribution in [3.8, 4) is 0 Å². The van der Waals surface area contributed by atoms with E-state index in [2.05, 4.69) is 10.1 Å². The summed E-state index contributed by atoms with van der Waals surface area (Å²) in [5.74, 6) is 0.513. The van der Waals surface area contributed by atoms with E-state index in [1.807, 2.05) is 35.2 Å². The first kappa shape index (κ1) is 14.7. The fraction of sp³-hybridized carbons (Fsp3) is 0.438. The highest BCUT2D eigenvalue weighted by Gasteiger charge is 2.35. The third-order valence-corrected chi connectivity index (χ3v) is 4.02. The average Bonchev–Trinajstić information content (AvgIpc) is 3.11. The predicted molar refractivity (Wildman–Crippen MR) is 78.8 cm³/mol. The molecule has 0 unspecified atom stereocenters. The predicted octanol–water partition coefficient (Wildman–Crippen LogP) is 2.51. The molecule has 1 aliphatic heterocycles. The van der Waals surface area contributed by atoms with Gasteiger partial charge in [0.1, 0.15) is 0 Å². The minimum Gasteiger partial charge on any atom is -0.367 e. The highest BCUT2D eigenvalue weighted by atomic mass is 16.5. The topological polar surface area (TPSA) is 68.5 Å². The molecule has 1 fully saturated rings. The summed E-state index contributed by atoms with van der Waals surface area (Å²) in [7, 11) is 1.56. The minimum atomic E-state index is -0.603. The Morgan fingerprint density at radius 2 is 2.18 bits per heavy atom. The van der Waals surface area contributed by atoms with E-state index < -0.39 is 6.10 Å². The lowest BCUT2D eigenvalue weighted by molar-refractivity contribution is -0.146. The van der Waals surface area contributed by atoms with Gasteiger partial charge in [0, 0.05) is 13.7 Å². The Balaban J connectivity index is 1.85. The van der Waals surface area contributed by atoms with Gasteiger partial charge in [0.25, 0.3) is 5.91 Å². The molecule has 2 atom stereocenters. The van der Waals surface area contributed by atoms with E-state index in [1.165, 1.54) is 6.39 Å². The van der Waals surface area contributed by atoms with Crippen LogP contribution in [0.3, 0.4) is 0 Å². The van der Waals surface area contributed by atoms with Crippen LogP contribution in [0.4, 0.5) is 0 Å². The first-order valence-corrected chi connectivity index (χ1v) is 7.45. The molecule has 0 radical (unpaired) electrons. The third-order valence-electron chi connectivity index (χ3n) is 4.02. The Bertz CT molecular complexity index is 600. The van der Waals surface area contributed by atoms with Gasteiger partial charge in [0.15, 0.2) is 11.9 Å². The fourth-order valence-corrected chi connectivity index (χ4v) is 2.95. The molecule has 6 nitrogen and oxygen atoms in total. The number of nitrogens with zero attached hydrogens (tertiary/aromatic N) is 3. The molecular formula is C16H19N3O3. The highest BCUT2D eigenvalue weighted by molar-refractivity contribution is 5.82. The second-order valence-electron chi connectivity index (χ2n) is 5.36. The van der Waals surface area contributed by atoms with Crippen LogP contribution < -0.4 is 0 Å². The van der Waals surface area contributed by atoms with E-state index in [4.69, 9.17) is 9.26 Å². The molecule has 0 bridgehead atoms. The molecule has 2 heterocycles. The highest BCUT2D eigenvalue weighted by Crippen LogP contribution is 2.32. The van der Waals surface area contributed by atoms with Gasteiger partial charge in [-0.25, -0.2) is 0 Å². The Morgan fingerprint density at radius 3 is 2.86 bits per heavy atom. The number of ether oxygens (including phenoxy) is 1. The number of aromatic nitrogens is 2. The Hall–Kier alpha value is -2.21. The van der Waals surface area contributed by atoms with E-state index in [-0.39, 0.29) is 11.9 Å². The lowest BCUT2D eigenvalue weighted by atomic mass is 9.99. The van der Waals surface area contributed by atoms with Gasteiger partial charge in [-0.3, -0.25) is 4.79 Å². The Labute approximate surface area is 129 Å². The number of carbonyl (C=O) groups excluding carboxylic acids is 1. The van der Waals surface area contributed by atoms with Crippen LogP contribution in [0.25, 0.3) is 0 Å². The Morgan fingerprint density at radius 1 is 1.36 bits per heavy atom. The molecule has 116 valence electrons. The zero-order valence-corrected chi connectivity index (χ0v) is 12.5. The summed E-state index contributed by atoms with van der Waals surface area (Å²) in [6.07, 6.45) is 3.57. The van der Waals surface area contributed by atoms with Gasteiger partial charge in [-0.1, -0.05) is 35.5 Å². The number of hydrogen-bond donors (Lipinski definition) is 0. The van der Waals surface area contributed by atoms with Crippen molar-refractivity contribution in [3.05, 3.63) is 48.1 Å². The second-order valence-corrected chi connectivity index (χ2v) is 5.36. The van der Waals surface area contributed by atoms with Gasteiger partial charge in [-0.05, 0) is 24.8 Å². The maximum absolute atomic E-state index is 13.0. The molecule has 22 heavy (non-hydrogen) atoms. The summed E-state index contributed by atoms with van der Waals surface area (Å²) < 4.78 is 10.3. The van der Waals surface area contributed by atoms with Crippen molar-refractivity contribution in [2.45, 2.75) is 31.4 Å². The number of benzene rings is 1. The summed E-state index contributed by atoms with van der Waals surface area (Å²) in [4.78, 5) is 18.9. The summed E-state index contributed by atoms with van der Waals surface area (Å²) in [6, 6.07) is 9.40. The van der Waals surface area contributed by atoms with Crippen molar-refractivity contribution >= 4 is 5.91 Å². The molecule has 0 spiro atoms. The maximum Gasteiger partial charge on any atom is 0.256 e. The van der Waals surface area contributed by atoms with Crippen LogP contribution in [0.15, 0.2) is 41.2 Å². The molecule has 1 amide bonds. The molecule has 1 aromatic carbocycles. The number of piperidine rings is 1. The van der Waals surface area contributed by atoms with E-state index in [1.54, 1.807) is 7.11 Å². The van der Waals surface area contributed by atoms with Gasteiger partial charge < -0.3 is 14.2 Å². The van der Waals surface area contributed by atoms with Crippen LogP contribution in [0.2, 0.25) is 0 Å². The molecule has 0 saturated carbocycles. The van der Waals surface area contributed by atoms with Gasteiger partial charge in [-0.2, -0.15) is 4.98 Å². The number of amides is 1. The monoisotopic (exact) mass is 301 g/mol. The number of methoxy groups -OCH3 is 1. The smallest absolute Gasteiger partial charge is 0.256 e. The van der Waals surface area contributed by atoms with Gasteiger partial charge >= 0.3 is 0 Å². The van der Waals surface area contributed by atoms with E-state index in [9.17, 15) is 4.79 Å². The average molecular weight is 301 g/mol. The summed E-state index contributed by atoms with van der Waals surface area (Å²) in [6.45, 7) is 0.685. The van der Waals surface area contributed by atoms with Crippen LogP contribution in [-0.2, 0) is 9.53 Å². The second kappa shape index (κ2) is 6.70. The van der Waals surface area contributed by atoms with Crippen molar-refractivity contribution < 1.29 is 14.1 Å². The summed E-state index contributed by atoms with van der Waals surface area (Å²) in [5, 5.41) is 3.91. The molecule has 2 aromatic rings. The summed E-state index contributed by atoms with van der Waals surface area (Å²) in [5.41, 5.74) is 0.854. The first-order valence-electron chi connectivity index (χ1n) is 7.45. The first-order chi connectivity index (χ1) is 10.8.